The van der Waals surface area contributed by atoms with Crippen molar-refractivity contribution in [3.8, 4) is 11.3 Å². The Bertz CT molecular complexity index is 807. The Morgan fingerprint density at radius 1 is 1.32 bits per heavy atom. The summed E-state index contributed by atoms with van der Waals surface area (Å²) in [5.41, 5.74) is 8.00. The van der Waals surface area contributed by atoms with E-state index in [0.717, 1.165) is 5.56 Å². The first-order valence-corrected chi connectivity index (χ1v) is 8.68. The van der Waals surface area contributed by atoms with E-state index >= 15 is 0 Å². The maximum atomic E-state index is 10.9. The van der Waals surface area contributed by atoms with Crippen LogP contribution in [0.4, 0.5) is 5.82 Å². The third kappa shape index (κ3) is 3.74. The predicted octanol–water partition coefficient (Wildman–Crippen LogP) is 2.70. The van der Waals surface area contributed by atoms with Crippen LogP contribution in [-0.4, -0.2) is 39.5 Å². The highest BCUT2D eigenvalue weighted by atomic mass is 32.2. The van der Waals surface area contributed by atoms with Crippen molar-refractivity contribution in [3.63, 3.8) is 0 Å². The summed E-state index contributed by atoms with van der Waals surface area (Å²) in [7, 11) is 1.69. The number of hydrogen-bond acceptors (Lipinski definition) is 8. The molecule has 0 saturated carbocycles. The largest absolute Gasteiger partial charge is 0.442 e. The number of hydrogen-bond donors (Lipinski definition) is 1. The number of nitrogen functional groups attached to an aromatic ring is 1. The third-order valence-electron chi connectivity index (χ3n) is 3.51. The van der Waals surface area contributed by atoms with E-state index in [4.69, 9.17) is 10.5 Å². The van der Waals surface area contributed by atoms with E-state index < -0.39 is 6.23 Å². The molecule has 2 N–H and O–H groups in total. The van der Waals surface area contributed by atoms with Crippen LogP contribution in [0.5, 0.6) is 0 Å². The van der Waals surface area contributed by atoms with Crippen LogP contribution in [-0.2, 0) is 9.53 Å². The van der Waals surface area contributed by atoms with Crippen molar-refractivity contribution in [3.05, 3.63) is 36.2 Å². The summed E-state index contributed by atoms with van der Waals surface area (Å²) in [5, 5.41) is 6.00. The smallest absolute Gasteiger partial charge is 0.273 e. The predicted molar refractivity (Wildman–Crippen MR) is 98.0 cm³/mol. The highest BCUT2D eigenvalue weighted by Gasteiger charge is 2.30. The van der Waals surface area contributed by atoms with Gasteiger partial charge in [-0.3, -0.25) is 9.80 Å². The summed E-state index contributed by atoms with van der Waals surface area (Å²) in [6, 6.07) is 8.12. The molecule has 0 radical (unpaired) electrons. The molecule has 8 heteroatoms. The Kier molecular flexibility index (Phi) is 4.89. The summed E-state index contributed by atoms with van der Waals surface area (Å²) in [5.74, 6) is 0.240. The molecule has 1 aliphatic heterocycles. The molecule has 2 aromatic rings. The van der Waals surface area contributed by atoms with Gasteiger partial charge in [-0.1, -0.05) is 26.0 Å². The number of aldehydes is 1. The van der Waals surface area contributed by atoms with Gasteiger partial charge in [0.25, 0.3) is 5.90 Å². The Labute approximate surface area is 150 Å². The van der Waals surface area contributed by atoms with Crippen LogP contribution in [0.2, 0.25) is 0 Å². The average molecular weight is 357 g/mol. The van der Waals surface area contributed by atoms with Gasteiger partial charge in [0, 0.05) is 22.8 Å². The summed E-state index contributed by atoms with van der Waals surface area (Å²) < 4.78 is 5.47. The lowest BCUT2D eigenvalue weighted by Gasteiger charge is -2.18. The molecule has 0 spiro atoms. The van der Waals surface area contributed by atoms with Crippen molar-refractivity contribution in [2.75, 3.05) is 12.8 Å². The Morgan fingerprint density at radius 3 is 2.64 bits per heavy atom. The van der Waals surface area contributed by atoms with E-state index in [-0.39, 0.29) is 11.7 Å². The van der Waals surface area contributed by atoms with Gasteiger partial charge in [-0.2, -0.15) is 0 Å². The van der Waals surface area contributed by atoms with Crippen LogP contribution >= 0.6 is 11.8 Å². The Hall–Kier alpha value is -2.61. The molecule has 0 bridgehead atoms. The van der Waals surface area contributed by atoms with E-state index in [2.05, 4.69) is 41.0 Å². The molecule has 1 aromatic carbocycles. The van der Waals surface area contributed by atoms with Gasteiger partial charge in [0.1, 0.15) is 5.69 Å². The molecular weight excluding hydrogens is 338 g/mol. The summed E-state index contributed by atoms with van der Waals surface area (Å²) >= 11 is 1.80. The molecule has 1 atom stereocenters. The number of rotatable bonds is 5. The van der Waals surface area contributed by atoms with Gasteiger partial charge >= 0.3 is 0 Å². The van der Waals surface area contributed by atoms with E-state index in [1.54, 1.807) is 25.0 Å². The molecule has 7 nitrogen and oxygen atoms in total. The first-order chi connectivity index (χ1) is 12.0. The average Bonchev–Trinajstić information content (AvgIpc) is 2.96. The van der Waals surface area contributed by atoms with Gasteiger partial charge in [0.05, 0.1) is 11.9 Å². The molecule has 1 aliphatic rings. The number of nitrogens with two attached hydrogens (primary N) is 1. The molecule has 0 amide bonds. The van der Waals surface area contributed by atoms with Crippen LogP contribution < -0.4 is 5.73 Å². The molecular formula is C17H19N5O2S. The van der Waals surface area contributed by atoms with Crippen LogP contribution in [0, 0.1) is 0 Å². The summed E-state index contributed by atoms with van der Waals surface area (Å²) in [4.78, 5) is 20.9. The first-order valence-electron chi connectivity index (χ1n) is 7.80. The monoisotopic (exact) mass is 357 g/mol. The van der Waals surface area contributed by atoms with E-state index in [9.17, 15) is 4.79 Å². The fraction of sp³-hybridized carbons (Fsp3) is 0.294. The number of nitrogens with zero attached hydrogens (tertiary/aromatic N) is 4. The molecule has 0 fully saturated rings. The molecule has 2 heterocycles. The SMILES string of the molecule is CC(C)Sc1ccc(-c2cnc(N)c(C3OC(C=O)=NN3C)n2)cc1. The molecule has 3 rings (SSSR count). The van der Waals surface area contributed by atoms with E-state index in [0.29, 0.717) is 22.9 Å². The summed E-state index contributed by atoms with van der Waals surface area (Å²) in [6.45, 7) is 4.31. The number of anilines is 1. The number of carbonyl (C=O) groups is 1. The van der Waals surface area contributed by atoms with Crippen molar-refractivity contribution < 1.29 is 9.53 Å². The van der Waals surface area contributed by atoms with Crippen molar-refractivity contribution in [2.24, 2.45) is 5.10 Å². The van der Waals surface area contributed by atoms with E-state index in [1.807, 2.05) is 12.1 Å². The van der Waals surface area contributed by atoms with Gasteiger partial charge in [-0.15, -0.1) is 16.9 Å². The second-order valence-electron chi connectivity index (χ2n) is 5.82. The zero-order valence-electron chi connectivity index (χ0n) is 14.2. The molecule has 1 unspecified atom stereocenters. The number of ether oxygens (including phenoxy) is 1. The number of aromatic nitrogens is 2. The van der Waals surface area contributed by atoms with Crippen molar-refractivity contribution in [1.29, 1.82) is 0 Å². The standard InChI is InChI=1S/C17H19N5O2S/c1-10(2)25-12-6-4-11(5-7-12)13-8-19-16(18)15(20-13)17-22(3)21-14(9-23)24-17/h4-10,17H,1-3H3,(H2,18,19). The normalized spacial score (nSPS) is 16.7. The maximum absolute atomic E-state index is 10.9. The maximum Gasteiger partial charge on any atom is 0.273 e. The lowest BCUT2D eigenvalue weighted by atomic mass is 10.1. The Balaban J connectivity index is 1.88. The van der Waals surface area contributed by atoms with Crippen LogP contribution in [0.25, 0.3) is 11.3 Å². The van der Waals surface area contributed by atoms with Gasteiger partial charge in [-0.25, -0.2) is 9.97 Å². The van der Waals surface area contributed by atoms with Crippen molar-refractivity contribution >= 4 is 29.8 Å². The van der Waals surface area contributed by atoms with Crippen LogP contribution in [0.3, 0.4) is 0 Å². The van der Waals surface area contributed by atoms with Gasteiger partial charge < -0.3 is 10.5 Å². The number of carbonyl (C=O) groups excluding carboxylic acids is 1. The minimum absolute atomic E-state index is 0.00540. The molecule has 1 aromatic heterocycles. The first kappa shape index (κ1) is 17.2. The van der Waals surface area contributed by atoms with Crippen LogP contribution in [0.1, 0.15) is 25.8 Å². The highest BCUT2D eigenvalue weighted by molar-refractivity contribution is 7.99. The lowest BCUT2D eigenvalue weighted by Crippen LogP contribution is -2.19. The quantitative estimate of drug-likeness (QED) is 0.649. The molecule has 130 valence electrons. The number of hydrazone groups is 1. The third-order valence-corrected chi connectivity index (χ3v) is 4.53. The topological polar surface area (TPSA) is 93.7 Å². The Morgan fingerprint density at radius 2 is 2.04 bits per heavy atom. The molecule has 0 saturated heterocycles. The van der Waals surface area contributed by atoms with Crippen LogP contribution in [0.15, 0.2) is 40.5 Å². The van der Waals surface area contributed by atoms with Gasteiger partial charge in [0.2, 0.25) is 12.5 Å². The summed E-state index contributed by atoms with van der Waals surface area (Å²) in [6.07, 6.45) is 1.51. The molecule has 0 aliphatic carbocycles. The minimum Gasteiger partial charge on any atom is -0.442 e. The van der Waals surface area contributed by atoms with E-state index in [1.165, 1.54) is 9.90 Å². The molecule has 25 heavy (non-hydrogen) atoms. The zero-order valence-corrected chi connectivity index (χ0v) is 15.0. The highest BCUT2D eigenvalue weighted by Crippen LogP contribution is 2.30. The number of benzene rings is 1. The lowest BCUT2D eigenvalue weighted by molar-refractivity contribution is -0.104. The minimum atomic E-state index is -0.664. The fourth-order valence-electron chi connectivity index (χ4n) is 2.42. The fourth-order valence-corrected chi connectivity index (χ4v) is 3.25. The second kappa shape index (κ2) is 7.10. The number of thioether (sulfide) groups is 1. The second-order valence-corrected chi connectivity index (χ2v) is 7.47. The zero-order chi connectivity index (χ0) is 18.0. The van der Waals surface area contributed by atoms with Crippen molar-refractivity contribution in [2.45, 2.75) is 30.2 Å². The van der Waals surface area contributed by atoms with Gasteiger partial charge in [0.15, 0.2) is 5.82 Å². The van der Waals surface area contributed by atoms with Crippen molar-refractivity contribution in [1.82, 2.24) is 15.0 Å². The van der Waals surface area contributed by atoms with Gasteiger partial charge in [-0.05, 0) is 12.1 Å².